The largest absolute Gasteiger partial charge is 0.465 e. The second-order valence-electron chi connectivity index (χ2n) is 4.13. The predicted octanol–water partition coefficient (Wildman–Crippen LogP) is 2.55. The first-order chi connectivity index (χ1) is 8.61. The van der Waals surface area contributed by atoms with E-state index in [0.29, 0.717) is 12.1 Å². The minimum absolute atomic E-state index is 0.242. The van der Waals surface area contributed by atoms with Crippen molar-refractivity contribution in [1.29, 1.82) is 0 Å². The van der Waals surface area contributed by atoms with Gasteiger partial charge in [0.25, 0.3) is 0 Å². The average molecular weight is 249 g/mol. The molecule has 0 radical (unpaired) electrons. The molecule has 0 saturated heterocycles. The van der Waals surface area contributed by atoms with E-state index in [-0.39, 0.29) is 12.4 Å². The molecule has 0 spiro atoms. The molecule has 1 rings (SSSR count). The van der Waals surface area contributed by atoms with Crippen LogP contribution in [0.3, 0.4) is 0 Å². The molecular formula is C14H19NO3. The van der Waals surface area contributed by atoms with E-state index in [1.165, 1.54) is 0 Å². The van der Waals surface area contributed by atoms with Crippen molar-refractivity contribution in [1.82, 2.24) is 4.98 Å². The standard InChI is InChI=1S/C14H19NO3/c1-4-7-11(14(17)18-5-2)13(16)12-10(3)8-6-9-15-12/h6,8-9,11H,4-5,7H2,1-3H3. The Balaban J connectivity index is 2.96. The van der Waals surface area contributed by atoms with Gasteiger partial charge in [0.2, 0.25) is 0 Å². The van der Waals surface area contributed by atoms with Crippen LogP contribution in [0.15, 0.2) is 18.3 Å². The molecular weight excluding hydrogens is 230 g/mol. The van der Waals surface area contributed by atoms with Crippen molar-refractivity contribution < 1.29 is 14.3 Å². The lowest BCUT2D eigenvalue weighted by Crippen LogP contribution is -2.27. The Kier molecular flexibility index (Phi) is 5.49. The number of ether oxygens (including phenoxy) is 1. The summed E-state index contributed by atoms with van der Waals surface area (Å²) < 4.78 is 4.95. The highest BCUT2D eigenvalue weighted by Gasteiger charge is 2.29. The topological polar surface area (TPSA) is 56.3 Å². The Labute approximate surface area is 107 Å². The van der Waals surface area contributed by atoms with Gasteiger partial charge in [0.05, 0.1) is 6.61 Å². The quantitative estimate of drug-likeness (QED) is 0.441. The van der Waals surface area contributed by atoms with Gasteiger partial charge >= 0.3 is 5.97 Å². The van der Waals surface area contributed by atoms with Gasteiger partial charge < -0.3 is 4.74 Å². The van der Waals surface area contributed by atoms with Crippen molar-refractivity contribution in [2.24, 2.45) is 5.92 Å². The molecule has 0 aliphatic heterocycles. The predicted molar refractivity (Wildman–Crippen MR) is 68.3 cm³/mol. The summed E-state index contributed by atoms with van der Waals surface area (Å²) in [5, 5.41) is 0. The van der Waals surface area contributed by atoms with Gasteiger partial charge in [0.15, 0.2) is 5.78 Å². The van der Waals surface area contributed by atoms with Crippen LogP contribution < -0.4 is 0 Å². The summed E-state index contributed by atoms with van der Waals surface area (Å²) in [6.07, 6.45) is 2.81. The van der Waals surface area contributed by atoms with Crippen molar-refractivity contribution in [2.75, 3.05) is 6.61 Å². The van der Waals surface area contributed by atoms with Crippen LogP contribution in [0.25, 0.3) is 0 Å². The van der Waals surface area contributed by atoms with E-state index in [0.717, 1.165) is 12.0 Å². The fourth-order valence-corrected chi connectivity index (χ4v) is 1.80. The maximum Gasteiger partial charge on any atom is 0.316 e. The number of nitrogens with zero attached hydrogens (tertiary/aromatic N) is 1. The lowest BCUT2D eigenvalue weighted by molar-refractivity contribution is -0.146. The van der Waals surface area contributed by atoms with Crippen LogP contribution in [0.2, 0.25) is 0 Å². The highest BCUT2D eigenvalue weighted by Crippen LogP contribution is 2.17. The zero-order valence-corrected chi connectivity index (χ0v) is 11.1. The molecule has 0 aliphatic rings. The molecule has 1 aromatic heterocycles. The lowest BCUT2D eigenvalue weighted by atomic mass is 9.94. The van der Waals surface area contributed by atoms with E-state index in [2.05, 4.69) is 4.98 Å². The minimum atomic E-state index is -0.733. The number of Topliss-reactive ketones (excluding diaryl/α,β-unsaturated/α-hetero) is 1. The Bertz CT molecular complexity index is 429. The van der Waals surface area contributed by atoms with E-state index >= 15 is 0 Å². The average Bonchev–Trinajstić information content (AvgIpc) is 2.36. The number of esters is 1. The van der Waals surface area contributed by atoms with Crippen LogP contribution in [0, 0.1) is 12.8 Å². The summed E-state index contributed by atoms with van der Waals surface area (Å²) in [5.41, 5.74) is 1.15. The van der Waals surface area contributed by atoms with Gasteiger partial charge in [-0.1, -0.05) is 19.4 Å². The maximum atomic E-state index is 12.3. The normalized spacial score (nSPS) is 11.9. The molecule has 1 unspecified atom stereocenters. The Hall–Kier alpha value is -1.71. The zero-order valence-electron chi connectivity index (χ0n) is 11.1. The summed E-state index contributed by atoms with van der Waals surface area (Å²) in [7, 11) is 0. The number of ketones is 1. The number of carbonyl (C=O) groups is 2. The lowest BCUT2D eigenvalue weighted by Gasteiger charge is -2.14. The third-order valence-corrected chi connectivity index (χ3v) is 2.71. The maximum absolute atomic E-state index is 12.3. The SMILES string of the molecule is CCCC(C(=O)OCC)C(=O)c1ncccc1C. The van der Waals surface area contributed by atoms with Gasteiger partial charge in [-0.05, 0) is 31.9 Å². The first-order valence-electron chi connectivity index (χ1n) is 6.24. The summed E-state index contributed by atoms with van der Waals surface area (Å²) in [6.45, 7) is 5.77. The molecule has 0 N–H and O–H groups in total. The van der Waals surface area contributed by atoms with Crippen molar-refractivity contribution in [3.63, 3.8) is 0 Å². The molecule has 0 aromatic carbocycles. The first kappa shape index (κ1) is 14.4. The summed E-state index contributed by atoms with van der Waals surface area (Å²) in [5.74, 6) is -1.42. The molecule has 1 atom stereocenters. The molecule has 0 bridgehead atoms. The van der Waals surface area contributed by atoms with Crippen LogP contribution in [0.4, 0.5) is 0 Å². The van der Waals surface area contributed by atoms with Gasteiger partial charge in [-0.2, -0.15) is 0 Å². The Morgan fingerprint density at radius 2 is 2.11 bits per heavy atom. The van der Waals surface area contributed by atoms with Crippen LogP contribution >= 0.6 is 0 Å². The second kappa shape index (κ2) is 6.89. The third-order valence-electron chi connectivity index (χ3n) is 2.71. The van der Waals surface area contributed by atoms with Crippen LogP contribution in [-0.4, -0.2) is 23.3 Å². The van der Waals surface area contributed by atoms with E-state index < -0.39 is 11.9 Å². The van der Waals surface area contributed by atoms with Gasteiger partial charge in [-0.15, -0.1) is 0 Å². The van der Waals surface area contributed by atoms with Crippen molar-refractivity contribution in [3.05, 3.63) is 29.6 Å². The van der Waals surface area contributed by atoms with Gasteiger partial charge in [-0.3, -0.25) is 14.6 Å². The Morgan fingerprint density at radius 1 is 1.39 bits per heavy atom. The number of hydrogen-bond donors (Lipinski definition) is 0. The molecule has 98 valence electrons. The number of rotatable bonds is 6. The molecule has 0 fully saturated rings. The number of pyridine rings is 1. The van der Waals surface area contributed by atoms with Crippen molar-refractivity contribution in [2.45, 2.75) is 33.6 Å². The summed E-state index contributed by atoms with van der Waals surface area (Å²) in [4.78, 5) is 28.2. The van der Waals surface area contributed by atoms with Crippen LogP contribution in [0.5, 0.6) is 0 Å². The Morgan fingerprint density at radius 3 is 2.67 bits per heavy atom. The van der Waals surface area contributed by atoms with Crippen LogP contribution in [-0.2, 0) is 9.53 Å². The van der Waals surface area contributed by atoms with Gasteiger partial charge in [-0.25, -0.2) is 0 Å². The van der Waals surface area contributed by atoms with Gasteiger partial charge in [0, 0.05) is 6.20 Å². The molecule has 4 heteroatoms. The third kappa shape index (κ3) is 3.39. The fraction of sp³-hybridized carbons (Fsp3) is 0.500. The highest BCUT2D eigenvalue weighted by atomic mass is 16.5. The van der Waals surface area contributed by atoms with Crippen LogP contribution in [0.1, 0.15) is 42.7 Å². The number of carbonyl (C=O) groups excluding carboxylic acids is 2. The smallest absolute Gasteiger partial charge is 0.316 e. The molecule has 0 amide bonds. The van der Waals surface area contributed by atoms with Crippen molar-refractivity contribution in [3.8, 4) is 0 Å². The minimum Gasteiger partial charge on any atom is -0.465 e. The van der Waals surface area contributed by atoms with E-state index in [9.17, 15) is 9.59 Å². The molecule has 4 nitrogen and oxygen atoms in total. The number of aromatic nitrogens is 1. The molecule has 18 heavy (non-hydrogen) atoms. The van der Waals surface area contributed by atoms with Crippen molar-refractivity contribution >= 4 is 11.8 Å². The number of aryl methyl sites for hydroxylation is 1. The molecule has 0 saturated carbocycles. The van der Waals surface area contributed by atoms with Gasteiger partial charge in [0.1, 0.15) is 11.6 Å². The monoisotopic (exact) mass is 249 g/mol. The molecule has 0 aliphatic carbocycles. The van der Waals surface area contributed by atoms with E-state index in [1.54, 1.807) is 19.2 Å². The fourth-order valence-electron chi connectivity index (χ4n) is 1.80. The van der Waals surface area contributed by atoms with E-state index in [4.69, 9.17) is 4.74 Å². The second-order valence-corrected chi connectivity index (χ2v) is 4.13. The highest BCUT2D eigenvalue weighted by molar-refractivity contribution is 6.08. The first-order valence-corrected chi connectivity index (χ1v) is 6.24. The zero-order chi connectivity index (χ0) is 13.5. The molecule has 1 aromatic rings. The molecule has 1 heterocycles. The summed E-state index contributed by atoms with van der Waals surface area (Å²) in [6, 6.07) is 3.58. The van der Waals surface area contributed by atoms with E-state index in [1.807, 2.05) is 19.9 Å². The number of hydrogen-bond acceptors (Lipinski definition) is 4. The summed E-state index contributed by atoms with van der Waals surface area (Å²) >= 11 is 0.